The molecule has 1 aliphatic rings. The molecule has 0 saturated heterocycles. The summed E-state index contributed by atoms with van der Waals surface area (Å²) >= 11 is 0. The second-order valence-electron chi connectivity index (χ2n) is 4.68. The summed E-state index contributed by atoms with van der Waals surface area (Å²) in [4.78, 5) is 12.0. The second kappa shape index (κ2) is 8.65. The van der Waals surface area contributed by atoms with Crippen molar-refractivity contribution in [2.24, 2.45) is 5.92 Å². The smallest absolute Gasteiger partial charge is 0.157 e. The zero-order valence-electron chi connectivity index (χ0n) is 11.2. The molecule has 0 atom stereocenters. The van der Waals surface area contributed by atoms with E-state index in [0.29, 0.717) is 37.8 Å². The van der Waals surface area contributed by atoms with E-state index in [1.807, 2.05) is 13.8 Å². The highest BCUT2D eigenvalue weighted by atomic mass is 16.7. The maximum atomic E-state index is 12.0. The van der Waals surface area contributed by atoms with Crippen molar-refractivity contribution in [2.45, 2.75) is 65.1 Å². The molecule has 1 aliphatic carbocycles. The normalized spacial score (nSPS) is 17.6. The average molecular weight is 242 g/mol. The van der Waals surface area contributed by atoms with Crippen molar-refractivity contribution in [3.8, 4) is 0 Å². The van der Waals surface area contributed by atoms with E-state index in [2.05, 4.69) is 0 Å². The monoisotopic (exact) mass is 242 g/mol. The van der Waals surface area contributed by atoms with Gasteiger partial charge in [0.25, 0.3) is 0 Å². The van der Waals surface area contributed by atoms with Crippen molar-refractivity contribution in [2.75, 3.05) is 13.2 Å². The Kier molecular flexibility index (Phi) is 7.45. The van der Waals surface area contributed by atoms with E-state index in [1.165, 1.54) is 19.3 Å². The fourth-order valence-electron chi connectivity index (χ4n) is 2.48. The van der Waals surface area contributed by atoms with Crippen LogP contribution in [-0.4, -0.2) is 25.3 Å². The molecule has 0 radical (unpaired) electrons. The number of rotatable bonds is 8. The Morgan fingerprint density at radius 2 is 1.71 bits per heavy atom. The minimum atomic E-state index is -0.197. The van der Waals surface area contributed by atoms with E-state index in [1.54, 1.807) is 0 Å². The van der Waals surface area contributed by atoms with Crippen LogP contribution in [0.1, 0.15) is 58.8 Å². The first-order valence-corrected chi connectivity index (χ1v) is 7.03. The average Bonchev–Trinajstić information content (AvgIpc) is 2.37. The van der Waals surface area contributed by atoms with Crippen molar-refractivity contribution >= 4 is 5.78 Å². The van der Waals surface area contributed by atoms with Gasteiger partial charge in [-0.3, -0.25) is 4.79 Å². The van der Waals surface area contributed by atoms with E-state index in [-0.39, 0.29) is 6.29 Å². The predicted octanol–water partition coefficient (Wildman–Crippen LogP) is 3.32. The summed E-state index contributed by atoms with van der Waals surface area (Å²) in [6, 6.07) is 0. The van der Waals surface area contributed by atoms with Crippen LogP contribution >= 0.6 is 0 Å². The van der Waals surface area contributed by atoms with Gasteiger partial charge in [0.15, 0.2) is 6.29 Å². The van der Waals surface area contributed by atoms with Crippen LogP contribution in [0.3, 0.4) is 0 Å². The van der Waals surface area contributed by atoms with Gasteiger partial charge in [-0.25, -0.2) is 0 Å². The minimum Gasteiger partial charge on any atom is -0.353 e. The Labute approximate surface area is 105 Å². The summed E-state index contributed by atoms with van der Waals surface area (Å²) in [5.41, 5.74) is 0. The first-order valence-electron chi connectivity index (χ1n) is 7.03. The zero-order valence-corrected chi connectivity index (χ0v) is 11.2. The topological polar surface area (TPSA) is 35.5 Å². The minimum absolute atomic E-state index is 0.197. The number of carbonyl (C=O) groups excluding carboxylic acids is 1. The molecule has 1 fully saturated rings. The first kappa shape index (κ1) is 14.7. The number of hydrogen-bond acceptors (Lipinski definition) is 3. The molecular formula is C14H26O3. The molecule has 17 heavy (non-hydrogen) atoms. The van der Waals surface area contributed by atoms with Gasteiger partial charge in [-0.2, -0.15) is 0 Å². The van der Waals surface area contributed by atoms with Crippen molar-refractivity contribution in [1.29, 1.82) is 0 Å². The Balaban J connectivity index is 2.24. The Bertz CT molecular complexity index is 204. The van der Waals surface area contributed by atoms with Gasteiger partial charge in [-0.1, -0.05) is 19.3 Å². The molecule has 0 aromatic carbocycles. The predicted molar refractivity (Wildman–Crippen MR) is 67.9 cm³/mol. The molecule has 0 heterocycles. The Morgan fingerprint density at radius 1 is 1.12 bits per heavy atom. The van der Waals surface area contributed by atoms with E-state index in [9.17, 15) is 4.79 Å². The van der Waals surface area contributed by atoms with E-state index < -0.39 is 0 Å². The molecule has 0 spiro atoms. The number of ketones is 1. The fraction of sp³-hybridized carbons (Fsp3) is 0.929. The lowest BCUT2D eigenvalue weighted by Crippen LogP contribution is -2.22. The molecule has 0 aliphatic heterocycles. The van der Waals surface area contributed by atoms with Gasteiger partial charge in [0.1, 0.15) is 5.78 Å². The summed E-state index contributed by atoms with van der Waals surface area (Å²) in [5.74, 6) is 0.724. The van der Waals surface area contributed by atoms with Gasteiger partial charge in [0.05, 0.1) is 0 Å². The maximum Gasteiger partial charge on any atom is 0.157 e. The third-order valence-corrected chi connectivity index (χ3v) is 3.39. The SMILES string of the molecule is CCOC(CCC(=O)C1CCCCC1)OCC. The standard InChI is InChI=1S/C14H26O3/c1-3-16-14(17-4-2)11-10-13(15)12-8-6-5-7-9-12/h12,14H,3-11H2,1-2H3. The van der Waals surface area contributed by atoms with Crippen LogP contribution in [0.5, 0.6) is 0 Å². The summed E-state index contributed by atoms with van der Waals surface area (Å²) in [6.45, 7) is 5.19. The largest absolute Gasteiger partial charge is 0.353 e. The molecule has 0 aromatic rings. The van der Waals surface area contributed by atoms with Gasteiger partial charge in [-0.05, 0) is 26.7 Å². The second-order valence-corrected chi connectivity index (χ2v) is 4.68. The summed E-state index contributed by atoms with van der Waals surface area (Å²) in [7, 11) is 0. The quantitative estimate of drug-likeness (QED) is 0.612. The van der Waals surface area contributed by atoms with Crippen LogP contribution < -0.4 is 0 Å². The number of Topliss-reactive ketones (excluding diaryl/α,β-unsaturated/α-hetero) is 1. The summed E-state index contributed by atoms with van der Waals surface area (Å²) < 4.78 is 10.9. The molecule has 0 amide bonds. The lowest BCUT2D eigenvalue weighted by molar-refractivity contribution is -0.146. The molecular weight excluding hydrogens is 216 g/mol. The van der Waals surface area contributed by atoms with Crippen molar-refractivity contribution < 1.29 is 14.3 Å². The molecule has 0 unspecified atom stereocenters. The molecule has 0 aromatic heterocycles. The van der Waals surface area contributed by atoms with Crippen molar-refractivity contribution in [3.63, 3.8) is 0 Å². The highest BCUT2D eigenvalue weighted by molar-refractivity contribution is 5.81. The molecule has 0 N–H and O–H groups in total. The molecule has 1 rings (SSSR count). The first-order chi connectivity index (χ1) is 8.27. The van der Waals surface area contributed by atoms with Crippen LogP contribution in [0.4, 0.5) is 0 Å². The lowest BCUT2D eigenvalue weighted by Gasteiger charge is -2.21. The van der Waals surface area contributed by atoms with Crippen LogP contribution in [0.2, 0.25) is 0 Å². The summed E-state index contributed by atoms with van der Waals surface area (Å²) in [6.07, 6.45) is 7.03. The Morgan fingerprint density at radius 3 is 2.24 bits per heavy atom. The molecule has 100 valence electrons. The molecule has 3 nitrogen and oxygen atoms in total. The third kappa shape index (κ3) is 5.64. The van der Waals surface area contributed by atoms with Gasteiger partial charge in [0.2, 0.25) is 0 Å². The fourth-order valence-corrected chi connectivity index (χ4v) is 2.48. The highest BCUT2D eigenvalue weighted by Crippen LogP contribution is 2.26. The maximum absolute atomic E-state index is 12.0. The van der Waals surface area contributed by atoms with Crippen LogP contribution in [-0.2, 0) is 14.3 Å². The number of carbonyl (C=O) groups is 1. The van der Waals surface area contributed by atoms with E-state index in [0.717, 1.165) is 12.8 Å². The van der Waals surface area contributed by atoms with Gasteiger partial charge >= 0.3 is 0 Å². The number of hydrogen-bond donors (Lipinski definition) is 0. The van der Waals surface area contributed by atoms with Gasteiger partial charge in [0, 0.05) is 32.0 Å². The van der Waals surface area contributed by atoms with Crippen LogP contribution in [0.15, 0.2) is 0 Å². The molecule has 1 saturated carbocycles. The Hall–Kier alpha value is -0.410. The van der Waals surface area contributed by atoms with E-state index in [4.69, 9.17) is 9.47 Å². The highest BCUT2D eigenvalue weighted by Gasteiger charge is 2.21. The van der Waals surface area contributed by atoms with Crippen molar-refractivity contribution in [1.82, 2.24) is 0 Å². The van der Waals surface area contributed by atoms with Crippen LogP contribution in [0, 0.1) is 5.92 Å². The lowest BCUT2D eigenvalue weighted by atomic mass is 9.85. The summed E-state index contributed by atoms with van der Waals surface area (Å²) in [5, 5.41) is 0. The van der Waals surface area contributed by atoms with Gasteiger partial charge in [-0.15, -0.1) is 0 Å². The van der Waals surface area contributed by atoms with E-state index >= 15 is 0 Å². The molecule has 3 heteroatoms. The van der Waals surface area contributed by atoms with Crippen molar-refractivity contribution in [3.05, 3.63) is 0 Å². The third-order valence-electron chi connectivity index (χ3n) is 3.39. The zero-order chi connectivity index (χ0) is 12.5. The molecule has 0 bridgehead atoms. The van der Waals surface area contributed by atoms with Crippen LogP contribution in [0.25, 0.3) is 0 Å². The number of ether oxygens (including phenoxy) is 2. The van der Waals surface area contributed by atoms with Gasteiger partial charge < -0.3 is 9.47 Å².